The van der Waals surface area contributed by atoms with Crippen molar-refractivity contribution in [2.24, 2.45) is 13.0 Å². The number of hydrogen-bond acceptors (Lipinski definition) is 6. The van der Waals surface area contributed by atoms with Crippen LogP contribution in [0.2, 0.25) is 0 Å². The number of pyridine rings is 1. The van der Waals surface area contributed by atoms with Gasteiger partial charge in [-0.25, -0.2) is 18.2 Å². The fraction of sp³-hybridized carbons (Fsp3) is 0.300. The Hall–Kier alpha value is -3.47. The number of aryl methyl sites for hydroxylation is 1. The van der Waals surface area contributed by atoms with Crippen LogP contribution in [0.3, 0.4) is 0 Å². The highest BCUT2D eigenvalue weighted by atomic mass is 32.2. The van der Waals surface area contributed by atoms with Crippen LogP contribution < -0.4 is 20.9 Å². The number of amides is 1. The lowest BCUT2D eigenvalue weighted by atomic mass is 10.2. The zero-order valence-corrected chi connectivity index (χ0v) is 17.8. The molecule has 0 radical (unpaired) electrons. The second-order valence-corrected chi connectivity index (χ2v) is 9.59. The van der Waals surface area contributed by atoms with E-state index in [1.165, 1.54) is 28.1 Å². The van der Waals surface area contributed by atoms with Crippen molar-refractivity contribution in [1.82, 2.24) is 19.9 Å². The van der Waals surface area contributed by atoms with Crippen LogP contribution in [0.4, 0.5) is 5.69 Å². The van der Waals surface area contributed by atoms with Crippen LogP contribution in [-0.4, -0.2) is 41.2 Å². The molecule has 10 nitrogen and oxygen atoms in total. The third kappa shape index (κ3) is 3.96. The summed E-state index contributed by atoms with van der Waals surface area (Å²) in [6.45, 7) is 2.56. The summed E-state index contributed by atoms with van der Waals surface area (Å²) in [5.41, 5.74) is 0.394. The number of anilines is 1. The molecule has 3 heterocycles. The summed E-state index contributed by atoms with van der Waals surface area (Å²) in [7, 11) is -1.83. The smallest absolute Gasteiger partial charge is 0.329 e. The Kier molecular flexibility index (Phi) is 5.13. The molecule has 1 fully saturated rings. The number of fused-ring (bicyclic) bond motifs is 1. The molecule has 4 rings (SSSR count). The van der Waals surface area contributed by atoms with E-state index in [2.05, 4.69) is 15.3 Å². The van der Waals surface area contributed by atoms with Crippen molar-refractivity contribution in [3.63, 3.8) is 0 Å². The first-order chi connectivity index (χ1) is 14.7. The van der Waals surface area contributed by atoms with E-state index in [1.807, 2.05) is 6.92 Å². The van der Waals surface area contributed by atoms with Gasteiger partial charge in [-0.3, -0.25) is 23.4 Å². The molecule has 2 aromatic heterocycles. The molecule has 2 N–H and O–H groups in total. The van der Waals surface area contributed by atoms with Crippen LogP contribution >= 0.6 is 0 Å². The summed E-state index contributed by atoms with van der Waals surface area (Å²) in [6, 6.07) is 9.80. The van der Waals surface area contributed by atoms with Crippen LogP contribution in [0, 0.1) is 5.92 Å². The number of aromatic nitrogens is 3. The third-order valence-electron chi connectivity index (χ3n) is 5.18. The van der Waals surface area contributed by atoms with Crippen molar-refractivity contribution in [3.8, 4) is 0 Å². The van der Waals surface area contributed by atoms with Gasteiger partial charge in [0.05, 0.1) is 16.8 Å². The molecule has 3 aromatic rings. The molecule has 1 aliphatic rings. The van der Waals surface area contributed by atoms with Crippen LogP contribution in [-0.2, 0) is 23.6 Å². The lowest BCUT2D eigenvalue weighted by molar-refractivity contribution is 0.0946. The van der Waals surface area contributed by atoms with E-state index in [0.29, 0.717) is 12.2 Å². The Labute approximate surface area is 177 Å². The van der Waals surface area contributed by atoms with Crippen molar-refractivity contribution in [1.29, 1.82) is 0 Å². The molecule has 31 heavy (non-hydrogen) atoms. The van der Waals surface area contributed by atoms with E-state index in [0.717, 1.165) is 5.56 Å². The molecular weight excluding hydrogens is 422 g/mol. The van der Waals surface area contributed by atoms with Gasteiger partial charge >= 0.3 is 5.69 Å². The Balaban J connectivity index is 1.48. The molecule has 0 spiro atoms. The second kappa shape index (κ2) is 7.65. The number of benzene rings is 1. The highest BCUT2D eigenvalue weighted by Crippen LogP contribution is 2.27. The highest BCUT2D eigenvalue weighted by Gasteiger charge is 2.33. The van der Waals surface area contributed by atoms with Crippen molar-refractivity contribution in [2.75, 3.05) is 16.6 Å². The van der Waals surface area contributed by atoms with Crippen LogP contribution in [0.15, 0.2) is 46.0 Å². The maximum absolute atomic E-state index is 12.5. The van der Waals surface area contributed by atoms with Gasteiger partial charge in [0, 0.05) is 20.1 Å². The van der Waals surface area contributed by atoms with Crippen LogP contribution in [0.5, 0.6) is 0 Å². The van der Waals surface area contributed by atoms with Gasteiger partial charge in [0.2, 0.25) is 10.0 Å². The predicted molar refractivity (Wildman–Crippen MR) is 116 cm³/mol. The fourth-order valence-corrected chi connectivity index (χ4v) is 5.50. The lowest BCUT2D eigenvalue weighted by Crippen LogP contribution is -2.30. The Morgan fingerprint density at radius 1 is 1.19 bits per heavy atom. The molecule has 1 aliphatic heterocycles. The van der Waals surface area contributed by atoms with Crippen LogP contribution in [0.25, 0.3) is 11.0 Å². The minimum absolute atomic E-state index is 0.0712. The van der Waals surface area contributed by atoms with Gasteiger partial charge < -0.3 is 5.32 Å². The van der Waals surface area contributed by atoms with E-state index in [-0.39, 0.29) is 34.9 Å². The first kappa shape index (κ1) is 20.8. The van der Waals surface area contributed by atoms with Crippen LogP contribution in [0.1, 0.15) is 23.0 Å². The Morgan fingerprint density at radius 3 is 2.55 bits per heavy atom. The zero-order valence-electron chi connectivity index (χ0n) is 17.0. The normalized spacial score (nSPS) is 17.7. The van der Waals surface area contributed by atoms with Gasteiger partial charge in [0.25, 0.3) is 11.5 Å². The van der Waals surface area contributed by atoms with Crippen molar-refractivity contribution < 1.29 is 13.2 Å². The molecule has 1 atom stereocenters. The van der Waals surface area contributed by atoms with Gasteiger partial charge in [-0.2, -0.15) is 0 Å². The SMILES string of the molecule is CC1CN(c2ccc(CNC(=O)c3ccc4c(=O)[nH]c(=O)n(C)c4n3)cc2)S(=O)(=O)C1. The number of H-pyrrole nitrogens is 1. The van der Waals surface area contributed by atoms with Crippen molar-refractivity contribution in [3.05, 3.63) is 68.5 Å². The van der Waals surface area contributed by atoms with E-state index in [4.69, 9.17) is 0 Å². The molecule has 1 saturated heterocycles. The summed E-state index contributed by atoms with van der Waals surface area (Å²) < 4.78 is 27.0. The summed E-state index contributed by atoms with van der Waals surface area (Å²) in [5.74, 6) is -0.246. The second-order valence-electron chi connectivity index (χ2n) is 7.65. The summed E-state index contributed by atoms with van der Waals surface area (Å²) >= 11 is 0. The number of carbonyl (C=O) groups is 1. The average Bonchev–Trinajstić information content (AvgIpc) is 3.02. The Bertz CT molecular complexity index is 1390. The lowest BCUT2D eigenvalue weighted by Gasteiger charge is -2.17. The molecule has 0 bridgehead atoms. The number of nitrogens with zero attached hydrogens (tertiary/aromatic N) is 3. The van der Waals surface area contributed by atoms with E-state index < -0.39 is 27.2 Å². The number of nitrogens with one attached hydrogen (secondary N) is 2. The van der Waals surface area contributed by atoms with Gasteiger partial charge in [-0.1, -0.05) is 19.1 Å². The van der Waals surface area contributed by atoms with Gasteiger partial charge in [0.15, 0.2) is 0 Å². The highest BCUT2D eigenvalue weighted by molar-refractivity contribution is 7.93. The molecule has 0 aliphatic carbocycles. The number of carbonyl (C=O) groups excluding carboxylic acids is 1. The molecule has 1 amide bonds. The zero-order chi connectivity index (χ0) is 22.3. The number of hydrogen-bond donors (Lipinski definition) is 2. The summed E-state index contributed by atoms with van der Waals surface area (Å²) in [5, 5.41) is 2.94. The average molecular weight is 443 g/mol. The first-order valence-corrected chi connectivity index (χ1v) is 11.2. The largest absolute Gasteiger partial charge is 0.347 e. The quantitative estimate of drug-likeness (QED) is 0.597. The standard InChI is InChI=1S/C20H21N5O5S/c1-12-10-25(31(29,30)11-12)14-5-3-13(4-6-14)9-21-19(27)16-8-7-15-17(22-16)24(2)20(28)23-18(15)26/h3-8,12H,9-11H2,1-2H3,(H,21,27)(H,23,26,28). The van der Waals surface area contributed by atoms with E-state index in [9.17, 15) is 22.8 Å². The maximum Gasteiger partial charge on any atom is 0.329 e. The predicted octanol–water partition coefficient (Wildman–Crippen LogP) is 0.338. The molecule has 11 heteroatoms. The first-order valence-electron chi connectivity index (χ1n) is 9.63. The summed E-state index contributed by atoms with van der Waals surface area (Å²) in [4.78, 5) is 42.5. The van der Waals surface area contributed by atoms with E-state index in [1.54, 1.807) is 24.3 Å². The number of sulfonamides is 1. The van der Waals surface area contributed by atoms with Crippen molar-refractivity contribution >= 4 is 32.7 Å². The maximum atomic E-state index is 12.5. The molecule has 162 valence electrons. The van der Waals surface area contributed by atoms with E-state index >= 15 is 0 Å². The fourth-order valence-electron chi connectivity index (χ4n) is 3.57. The van der Waals surface area contributed by atoms with Crippen molar-refractivity contribution in [2.45, 2.75) is 13.5 Å². The Morgan fingerprint density at radius 2 is 1.90 bits per heavy atom. The molecular formula is C20H21N5O5S. The monoisotopic (exact) mass is 443 g/mol. The van der Waals surface area contributed by atoms with Gasteiger partial charge in [-0.05, 0) is 35.7 Å². The number of aromatic amines is 1. The minimum atomic E-state index is -3.29. The topological polar surface area (TPSA) is 134 Å². The van der Waals surface area contributed by atoms with Gasteiger partial charge in [-0.15, -0.1) is 0 Å². The summed E-state index contributed by atoms with van der Waals surface area (Å²) in [6.07, 6.45) is 0. The molecule has 1 unspecified atom stereocenters. The minimum Gasteiger partial charge on any atom is -0.347 e. The number of rotatable bonds is 4. The molecule has 0 saturated carbocycles. The third-order valence-corrected chi connectivity index (χ3v) is 7.20. The van der Waals surface area contributed by atoms with Gasteiger partial charge in [0.1, 0.15) is 11.3 Å². The molecule has 1 aromatic carbocycles.